The fourth-order valence-electron chi connectivity index (χ4n) is 9.57. The molecule has 0 atom stereocenters. The predicted octanol–water partition coefficient (Wildman–Crippen LogP) is 10.9. The molecular formula is C54H38N2Si. The van der Waals surface area contributed by atoms with Crippen LogP contribution < -0.4 is 20.7 Å². The van der Waals surface area contributed by atoms with E-state index in [1.165, 1.54) is 75.5 Å². The molecule has 0 aliphatic heterocycles. The van der Waals surface area contributed by atoms with E-state index in [0.717, 1.165) is 11.4 Å². The van der Waals surface area contributed by atoms with Crippen LogP contribution in [-0.4, -0.2) is 17.2 Å². The maximum absolute atomic E-state index is 2.96. The van der Waals surface area contributed by atoms with E-state index in [9.17, 15) is 0 Å². The second kappa shape index (κ2) is 13.5. The van der Waals surface area contributed by atoms with Crippen molar-refractivity contribution in [3.8, 4) is 22.5 Å². The van der Waals surface area contributed by atoms with Crippen molar-refractivity contribution in [1.29, 1.82) is 0 Å². The van der Waals surface area contributed by atoms with Crippen molar-refractivity contribution in [2.24, 2.45) is 0 Å². The van der Waals surface area contributed by atoms with Gasteiger partial charge in [-0.2, -0.15) is 0 Å². The number of hydrogen-bond acceptors (Lipinski definition) is 0. The normalized spacial score (nSPS) is 11.9. The highest BCUT2D eigenvalue weighted by Gasteiger charge is 2.43. The monoisotopic (exact) mass is 742 g/mol. The Morgan fingerprint density at radius 1 is 0.298 bits per heavy atom. The topological polar surface area (TPSA) is 9.86 Å². The smallest absolute Gasteiger partial charge is 0.181 e. The van der Waals surface area contributed by atoms with Crippen molar-refractivity contribution in [3.63, 3.8) is 0 Å². The van der Waals surface area contributed by atoms with Gasteiger partial charge in [-0.05, 0) is 56.6 Å². The van der Waals surface area contributed by atoms with E-state index < -0.39 is 8.07 Å². The second-order valence-electron chi connectivity index (χ2n) is 14.8. The Bertz CT molecular complexity index is 3110. The first kappa shape index (κ1) is 33.2. The molecule has 11 rings (SSSR count). The number of benzene rings is 9. The van der Waals surface area contributed by atoms with Crippen LogP contribution in [0.5, 0.6) is 0 Å². The number of nitrogens with zero attached hydrogens (tertiary/aromatic N) is 2. The van der Waals surface area contributed by atoms with E-state index in [2.05, 4.69) is 240 Å². The summed E-state index contributed by atoms with van der Waals surface area (Å²) >= 11 is 0. The van der Waals surface area contributed by atoms with Crippen LogP contribution in [-0.2, 0) is 0 Å². The number of para-hydroxylation sites is 4. The van der Waals surface area contributed by atoms with Crippen LogP contribution in [0.4, 0.5) is 0 Å². The van der Waals surface area contributed by atoms with E-state index in [-0.39, 0.29) is 0 Å². The molecular weight excluding hydrogens is 705 g/mol. The molecule has 9 aromatic carbocycles. The fourth-order valence-corrected chi connectivity index (χ4v) is 14.5. The van der Waals surface area contributed by atoms with Gasteiger partial charge in [0, 0.05) is 32.8 Å². The molecule has 0 bridgehead atoms. The molecule has 0 fully saturated rings. The Labute approximate surface area is 333 Å². The van der Waals surface area contributed by atoms with Gasteiger partial charge in [0.25, 0.3) is 0 Å². The molecule has 2 aromatic heterocycles. The summed E-state index contributed by atoms with van der Waals surface area (Å²) in [6.07, 6.45) is 0. The summed E-state index contributed by atoms with van der Waals surface area (Å²) in [6, 6.07) is 85.3. The van der Waals surface area contributed by atoms with Crippen molar-refractivity contribution >= 4 is 72.4 Å². The summed E-state index contributed by atoms with van der Waals surface area (Å²) in [5, 5.41) is 10.4. The lowest BCUT2D eigenvalue weighted by Gasteiger charge is -2.35. The molecule has 2 nitrogen and oxygen atoms in total. The third kappa shape index (κ3) is 5.03. The van der Waals surface area contributed by atoms with Crippen molar-refractivity contribution < 1.29 is 0 Å². The standard InChI is InChI=1S/C54H38N2Si/c1-6-21-39(22-7-1)52-50(38-37-47-45-32-16-18-34-48(45)55(54(47)52)40-23-8-2-9-24-40)56-49-35-19-17-31-44(49)46-33-20-36-51(53(46)56)57(41-25-10-3-11-26-41,42-27-12-4-13-28-42)43-29-14-5-15-30-43/h1-38H. The Morgan fingerprint density at radius 2 is 0.737 bits per heavy atom. The quantitative estimate of drug-likeness (QED) is 0.114. The van der Waals surface area contributed by atoms with Crippen LogP contribution in [0.2, 0.25) is 0 Å². The lowest BCUT2D eigenvalue weighted by Crippen LogP contribution is -2.75. The summed E-state index contributed by atoms with van der Waals surface area (Å²) in [4.78, 5) is 0. The summed E-state index contributed by atoms with van der Waals surface area (Å²) in [7, 11) is -2.96. The van der Waals surface area contributed by atoms with Crippen molar-refractivity contribution in [2.75, 3.05) is 0 Å². The average molecular weight is 743 g/mol. The van der Waals surface area contributed by atoms with Crippen LogP contribution in [0.15, 0.2) is 231 Å². The minimum atomic E-state index is -2.96. The lowest BCUT2D eigenvalue weighted by molar-refractivity contribution is 1.16. The van der Waals surface area contributed by atoms with Gasteiger partial charge in [0.15, 0.2) is 8.07 Å². The SMILES string of the molecule is c1ccc(-c2c(-n3c4ccccc4c4cccc([Si](c5ccccc5)(c5ccccc5)c5ccccc5)c43)ccc3c4ccccc4n(-c4ccccc4)c23)cc1. The molecule has 0 spiro atoms. The van der Waals surface area contributed by atoms with Gasteiger partial charge in [-0.3, -0.25) is 0 Å². The Balaban J connectivity index is 1.37. The molecule has 0 amide bonds. The maximum atomic E-state index is 2.60. The minimum absolute atomic E-state index is 1.14. The predicted molar refractivity (Wildman–Crippen MR) is 244 cm³/mol. The first-order valence-corrected chi connectivity index (χ1v) is 21.7. The first-order valence-electron chi connectivity index (χ1n) is 19.7. The molecule has 57 heavy (non-hydrogen) atoms. The number of rotatable bonds is 7. The van der Waals surface area contributed by atoms with Crippen molar-refractivity contribution in [3.05, 3.63) is 231 Å². The summed E-state index contributed by atoms with van der Waals surface area (Å²) in [6.45, 7) is 0. The fraction of sp³-hybridized carbons (Fsp3) is 0. The number of hydrogen-bond donors (Lipinski definition) is 0. The molecule has 268 valence electrons. The van der Waals surface area contributed by atoms with Gasteiger partial charge in [-0.25, -0.2) is 0 Å². The Hall–Kier alpha value is -7.20. The number of fused-ring (bicyclic) bond motifs is 6. The lowest BCUT2D eigenvalue weighted by atomic mass is 9.99. The van der Waals surface area contributed by atoms with Gasteiger partial charge in [0.05, 0.1) is 27.8 Å². The van der Waals surface area contributed by atoms with E-state index >= 15 is 0 Å². The number of aromatic nitrogens is 2. The van der Waals surface area contributed by atoms with Gasteiger partial charge in [-0.1, -0.05) is 200 Å². The van der Waals surface area contributed by atoms with E-state index in [1.54, 1.807) is 0 Å². The van der Waals surface area contributed by atoms with Crippen LogP contribution >= 0.6 is 0 Å². The summed E-state index contributed by atoms with van der Waals surface area (Å²) in [5.74, 6) is 0. The molecule has 0 N–H and O–H groups in total. The minimum Gasteiger partial charge on any atom is -0.309 e. The highest BCUT2D eigenvalue weighted by atomic mass is 28.3. The Morgan fingerprint density at radius 3 is 1.30 bits per heavy atom. The molecule has 2 heterocycles. The van der Waals surface area contributed by atoms with Crippen molar-refractivity contribution in [2.45, 2.75) is 0 Å². The zero-order chi connectivity index (χ0) is 37.8. The highest BCUT2D eigenvalue weighted by Crippen LogP contribution is 2.43. The molecule has 11 aromatic rings. The van der Waals surface area contributed by atoms with E-state index in [0.29, 0.717) is 0 Å². The molecule has 0 radical (unpaired) electrons. The third-order valence-corrected chi connectivity index (χ3v) is 16.7. The Kier molecular flexibility index (Phi) is 7.87. The first-order chi connectivity index (χ1) is 28.3. The van der Waals surface area contributed by atoms with E-state index in [4.69, 9.17) is 0 Å². The largest absolute Gasteiger partial charge is 0.309 e. The van der Waals surface area contributed by atoms with Gasteiger partial charge in [0.2, 0.25) is 0 Å². The zero-order valence-corrected chi connectivity index (χ0v) is 32.3. The maximum Gasteiger partial charge on any atom is 0.181 e. The summed E-state index contributed by atoms with van der Waals surface area (Å²) in [5.41, 5.74) is 9.52. The second-order valence-corrected chi connectivity index (χ2v) is 18.6. The third-order valence-electron chi connectivity index (χ3n) is 11.9. The van der Waals surface area contributed by atoms with Gasteiger partial charge in [-0.15, -0.1) is 0 Å². The molecule has 0 saturated heterocycles. The van der Waals surface area contributed by atoms with Gasteiger partial charge in [0.1, 0.15) is 0 Å². The zero-order valence-electron chi connectivity index (χ0n) is 31.3. The molecule has 3 heteroatoms. The van der Waals surface area contributed by atoms with Crippen LogP contribution in [0.1, 0.15) is 0 Å². The highest BCUT2D eigenvalue weighted by molar-refractivity contribution is 7.20. The average Bonchev–Trinajstić information content (AvgIpc) is 3.81. The molecule has 0 aliphatic rings. The van der Waals surface area contributed by atoms with Crippen molar-refractivity contribution in [1.82, 2.24) is 9.13 Å². The van der Waals surface area contributed by atoms with Crippen LogP contribution in [0, 0.1) is 0 Å². The molecule has 0 aliphatic carbocycles. The summed E-state index contributed by atoms with van der Waals surface area (Å²) < 4.78 is 5.08. The van der Waals surface area contributed by atoms with Gasteiger partial charge < -0.3 is 9.13 Å². The molecule has 0 saturated carbocycles. The molecule has 0 unspecified atom stereocenters. The van der Waals surface area contributed by atoms with E-state index in [1.807, 2.05) is 0 Å². The van der Waals surface area contributed by atoms with Crippen LogP contribution in [0.25, 0.3) is 66.1 Å². The van der Waals surface area contributed by atoms with Crippen LogP contribution in [0.3, 0.4) is 0 Å². The van der Waals surface area contributed by atoms with Gasteiger partial charge >= 0.3 is 0 Å².